The van der Waals surface area contributed by atoms with Crippen LogP contribution in [0.3, 0.4) is 0 Å². The van der Waals surface area contributed by atoms with E-state index in [1.165, 1.54) is 6.07 Å². The van der Waals surface area contributed by atoms with E-state index in [4.69, 9.17) is 10.1 Å². The molecular weight excluding hydrogens is 372 g/mol. The molecule has 20 heavy (non-hydrogen) atoms. The Hall–Kier alpha value is -1.57. The number of aromatic nitrogens is 2. The number of para-hydroxylation sites is 1. The molecule has 0 aliphatic rings. The number of rotatable bonds is 5. The molecule has 1 aromatic heterocycles. The second-order valence-electron chi connectivity index (χ2n) is 4.28. The Morgan fingerprint density at radius 1 is 1.30 bits per heavy atom. The largest absolute Gasteiger partial charge is 0.487 e. The lowest BCUT2D eigenvalue weighted by Crippen LogP contribution is -2.18. The summed E-state index contributed by atoms with van der Waals surface area (Å²) >= 11 is 2.05. The summed E-state index contributed by atoms with van der Waals surface area (Å²) in [6.07, 6.45) is 0.0179. The Morgan fingerprint density at radius 2 is 2.05 bits per heavy atom. The summed E-state index contributed by atoms with van der Waals surface area (Å²) in [5.74, 6) is -0.207. The number of nitrogens with one attached hydrogen (secondary N) is 1. The predicted molar refractivity (Wildman–Crippen MR) is 82.7 cm³/mol. The van der Waals surface area contributed by atoms with Crippen LogP contribution in [0.1, 0.15) is 19.0 Å². The van der Waals surface area contributed by atoms with Gasteiger partial charge < -0.3 is 10.1 Å². The number of hydrogen-bond donors (Lipinski definition) is 1. The molecule has 104 valence electrons. The molecule has 2 rings (SSSR count). The topological polar surface area (TPSA) is 58.9 Å². The molecule has 0 saturated carbocycles. The second kappa shape index (κ2) is 6.74. The highest BCUT2D eigenvalue weighted by molar-refractivity contribution is 14.1. The summed E-state index contributed by atoms with van der Waals surface area (Å²) in [6.45, 7) is 1.79. The lowest BCUT2D eigenvalue weighted by molar-refractivity contribution is 0.219. The summed E-state index contributed by atoms with van der Waals surface area (Å²) in [5.41, 5.74) is 0.826. The van der Waals surface area contributed by atoms with Gasteiger partial charge in [-0.3, -0.25) is 0 Å². The first-order valence-corrected chi connectivity index (χ1v) is 7.12. The van der Waals surface area contributed by atoms with Crippen LogP contribution in [0.2, 0.25) is 0 Å². The van der Waals surface area contributed by atoms with Gasteiger partial charge in [0.05, 0.1) is 5.71 Å². The van der Waals surface area contributed by atoms with E-state index in [1.54, 1.807) is 37.3 Å². The van der Waals surface area contributed by atoms with Crippen molar-refractivity contribution < 1.29 is 9.13 Å². The maximum absolute atomic E-state index is 13.5. The predicted octanol–water partition coefficient (Wildman–Crippen LogP) is 3.45. The van der Waals surface area contributed by atoms with E-state index < -0.39 is 5.82 Å². The van der Waals surface area contributed by atoms with Crippen molar-refractivity contribution >= 4 is 28.3 Å². The lowest BCUT2D eigenvalue weighted by atomic mass is 10.1. The van der Waals surface area contributed by atoms with Gasteiger partial charge in [0, 0.05) is 6.42 Å². The molecule has 0 bridgehead atoms. The van der Waals surface area contributed by atoms with E-state index in [-0.39, 0.29) is 11.9 Å². The molecular formula is C14H13FIN3O. The van der Waals surface area contributed by atoms with Gasteiger partial charge in [0.15, 0.2) is 11.6 Å². The minimum Gasteiger partial charge on any atom is -0.487 e. The van der Waals surface area contributed by atoms with Crippen LogP contribution in [0.25, 0.3) is 0 Å². The van der Waals surface area contributed by atoms with Crippen LogP contribution in [0.4, 0.5) is 4.39 Å². The van der Waals surface area contributed by atoms with E-state index >= 15 is 0 Å². The molecule has 1 atom stereocenters. The highest BCUT2D eigenvalue weighted by atomic mass is 127. The van der Waals surface area contributed by atoms with Crippen molar-refractivity contribution in [2.24, 2.45) is 0 Å². The van der Waals surface area contributed by atoms with Gasteiger partial charge in [0.1, 0.15) is 15.5 Å². The minimum absolute atomic E-state index is 0.196. The molecule has 1 aromatic carbocycles. The third-order valence-electron chi connectivity index (χ3n) is 2.60. The Morgan fingerprint density at radius 3 is 2.70 bits per heavy atom. The van der Waals surface area contributed by atoms with Crippen LogP contribution >= 0.6 is 22.6 Å². The molecule has 0 radical (unpaired) electrons. The van der Waals surface area contributed by atoms with Crippen LogP contribution in [0, 0.1) is 14.9 Å². The zero-order valence-electron chi connectivity index (χ0n) is 10.8. The molecule has 6 heteroatoms. The van der Waals surface area contributed by atoms with E-state index in [2.05, 4.69) is 32.8 Å². The standard InChI is InChI=1S/C14H13FIN3O/c1-9(20-13-5-3-2-4-10(13)15)8-11(17)12-6-7-14(16)19-18-12/h2-7,9,17H,8H2,1H3/t9-/m0/s1. The smallest absolute Gasteiger partial charge is 0.165 e. The van der Waals surface area contributed by atoms with Crippen LogP contribution in [-0.4, -0.2) is 22.0 Å². The first-order valence-electron chi connectivity index (χ1n) is 6.04. The number of benzene rings is 1. The second-order valence-corrected chi connectivity index (χ2v) is 5.39. The average Bonchev–Trinajstić information content (AvgIpc) is 2.42. The highest BCUT2D eigenvalue weighted by Gasteiger charge is 2.12. The van der Waals surface area contributed by atoms with Crippen molar-refractivity contribution in [1.82, 2.24) is 10.2 Å². The summed E-state index contributed by atoms with van der Waals surface area (Å²) in [7, 11) is 0. The van der Waals surface area contributed by atoms with Gasteiger partial charge in [-0.25, -0.2) is 4.39 Å². The Kier molecular flexibility index (Phi) is 4.99. The monoisotopic (exact) mass is 385 g/mol. The van der Waals surface area contributed by atoms with Gasteiger partial charge >= 0.3 is 0 Å². The molecule has 0 aliphatic heterocycles. The first-order chi connectivity index (χ1) is 9.56. The maximum atomic E-state index is 13.5. The van der Waals surface area contributed by atoms with Crippen molar-refractivity contribution in [2.45, 2.75) is 19.4 Å². The quantitative estimate of drug-likeness (QED) is 0.634. The fraction of sp³-hybridized carbons (Fsp3) is 0.214. The van der Waals surface area contributed by atoms with Gasteiger partial charge in [-0.15, -0.1) is 10.2 Å². The van der Waals surface area contributed by atoms with Crippen molar-refractivity contribution in [1.29, 1.82) is 5.41 Å². The maximum Gasteiger partial charge on any atom is 0.165 e. The number of halogens is 2. The number of nitrogens with zero attached hydrogens (tertiary/aromatic N) is 2. The van der Waals surface area contributed by atoms with E-state index in [0.29, 0.717) is 17.8 Å². The lowest BCUT2D eigenvalue weighted by Gasteiger charge is -2.15. The van der Waals surface area contributed by atoms with Crippen LogP contribution in [0.5, 0.6) is 5.75 Å². The molecule has 0 aliphatic carbocycles. The number of hydrogen-bond acceptors (Lipinski definition) is 4. The van der Waals surface area contributed by atoms with Gasteiger partial charge in [-0.2, -0.15) is 0 Å². The third-order valence-corrected chi connectivity index (χ3v) is 3.17. The van der Waals surface area contributed by atoms with Gasteiger partial charge in [-0.05, 0) is 53.8 Å². The molecule has 1 heterocycles. The van der Waals surface area contributed by atoms with Crippen molar-refractivity contribution in [3.05, 3.63) is 51.6 Å². The summed E-state index contributed by atoms with van der Waals surface area (Å²) in [6, 6.07) is 9.77. The van der Waals surface area contributed by atoms with Crippen LogP contribution < -0.4 is 4.74 Å². The first kappa shape index (κ1) is 14.8. The van der Waals surface area contributed by atoms with Crippen LogP contribution in [0.15, 0.2) is 36.4 Å². The molecule has 0 amide bonds. The zero-order valence-corrected chi connectivity index (χ0v) is 13.0. The van der Waals surface area contributed by atoms with Gasteiger partial charge in [0.25, 0.3) is 0 Å². The summed E-state index contributed by atoms with van der Waals surface area (Å²) in [4.78, 5) is 0. The molecule has 0 spiro atoms. The summed E-state index contributed by atoms with van der Waals surface area (Å²) < 4.78 is 19.7. The Labute approximate surface area is 130 Å². The molecule has 0 saturated heterocycles. The van der Waals surface area contributed by atoms with Gasteiger partial charge in [-0.1, -0.05) is 12.1 Å². The van der Waals surface area contributed by atoms with E-state index in [9.17, 15) is 4.39 Å². The Balaban J connectivity index is 1.98. The van der Waals surface area contributed by atoms with Crippen molar-refractivity contribution in [2.75, 3.05) is 0 Å². The normalized spacial score (nSPS) is 11.9. The zero-order chi connectivity index (χ0) is 14.5. The fourth-order valence-corrected chi connectivity index (χ4v) is 1.96. The third kappa shape index (κ3) is 3.96. The van der Waals surface area contributed by atoms with E-state index in [0.717, 1.165) is 3.70 Å². The van der Waals surface area contributed by atoms with E-state index in [1.807, 2.05) is 0 Å². The molecule has 0 fully saturated rings. The number of ether oxygens (including phenoxy) is 1. The molecule has 4 nitrogen and oxygen atoms in total. The van der Waals surface area contributed by atoms with Gasteiger partial charge in [0.2, 0.25) is 0 Å². The molecule has 1 N–H and O–H groups in total. The van der Waals surface area contributed by atoms with Crippen LogP contribution in [-0.2, 0) is 0 Å². The summed E-state index contributed by atoms with van der Waals surface area (Å²) in [5, 5.41) is 15.8. The Bertz CT molecular complexity index is 604. The highest BCUT2D eigenvalue weighted by Crippen LogP contribution is 2.18. The molecule has 2 aromatic rings. The van der Waals surface area contributed by atoms with Crippen molar-refractivity contribution in [3.8, 4) is 5.75 Å². The van der Waals surface area contributed by atoms with Crippen molar-refractivity contribution in [3.63, 3.8) is 0 Å². The molecule has 0 unspecified atom stereocenters. The SMILES string of the molecule is C[C@@H](CC(=N)c1ccc(I)nn1)Oc1ccccc1F. The fourth-order valence-electron chi connectivity index (χ4n) is 1.67. The minimum atomic E-state index is -0.403. The average molecular weight is 385 g/mol.